The van der Waals surface area contributed by atoms with Gasteiger partial charge in [-0.1, -0.05) is 30.3 Å². The van der Waals surface area contributed by atoms with Crippen molar-refractivity contribution in [3.05, 3.63) is 59.7 Å². The highest BCUT2D eigenvalue weighted by atomic mass is 35.5. The predicted octanol–water partition coefficient (Wildman–Crippen LogP) is 3.26. The minimum Gasteiger partial charge on any atom is -0.309 e. The zero-order valence-electron chi connectivity index (χ0n) is 15.4. The molecule has 2 heterocycles. The third kappa shape index (κ3) is 4.38. The standard InChI is InChI=1S/C20H22F2N2O2S.ClH/c1-27(25,26)24-20-14-9-16(10-14)23-18(20)11-13-5-3-7-17(19(13)22)12-4-2-6-15(21)8-12;/h2-8,14,16,18,20,23-24H,9-11H2,1H3;1H/t14?,16?,18-,20-;/m0./s1. The predicted molar refractivity (Wildman–Crippen MR) is 108 cm³/mol. The SMILES string of the molecule is CS(=O)(=O)N[C@H]1C2CC(C2)N[C@H]1Cc1cccc(-c2cccc(F)c2)c1F.Cl. The highest BCUT2D eigenvalue weighted by Gasteiger charge is 2.46. The number of sulfonamides is 1. The van der Waals surface area contributed by atoms with Crippen LogP contribution in [0.25, 0.3) is 11.1 Å². The molecule has 28 heavy (non-hydrogen) atoms. The summed E-state index contributed by atoms with van der Waals surface area (Å²) < 4.78 is 54.9. The fourth-order valence-corrected chi connectivity index (χ4v) is 5.14. The quantitative estimate of drug-likeness (QED) is 0.768. The van der Waals surface area contributed by atoms with Crippen molar-refractivity contribution in [2.75, 3.05) is 6.26 Å². The monoisotopic (exact) mass is 428 g/mol. The lowest BCUT2D eigenvalue weighted by Crippen LogP contribution is -2.67. The van der Waals surface area contributed by atoms with Gasteiger partial charge in [-0.3, -0.25) is 0 Å². The first-order valence-corrected chi connectivity index (χ1v) is 11.0. The molecule has 2 aliphatic heterocycles. The Balaban J connectivity index is 0.00000225. The van der Waals surface area contributed by atoms with Gasteiger partial charge >= 0.3 is 0 Å². The molecule has 2 bridgehead atoms. The molecule has 3 aliphatic rings. The van der Waals surface area contributed by atoms with E-state index < -0.39 is 15.8 Å². The molecule has 0 amide bonds. The van der Waals surface area contributed by atoms with Crippen LogP contribution in [0.2, 0.25) is 0 Å². The lowest BCUT2D eigenvalue weighted by Gasteiger charge is -2.52. The number of piperidine rings is 2. The molecule has 1 saturated carbocycles. The molecule has 0 radical (unpaired) electrons. The van der Waals surface area contributed by atoms with Crippen molar-refractivity contribution in [2.24, 2.45) is 5.92 Å². The van der Waals surface area contributed by atoms with Gasteiger partial charge in [-0.05, 0) is 48.4 Å². The second-order valence-electron chi connectivity index (χ2n) is 7.61. The smallest absolute Gasteiger partial charge is 0.209 e. The lowest BCUT2D eigenvalue weighted by atomic mass is 9.68. The molecule has 2 saturated heterocycles. The molecule has 2 aromatic carbocycles. The lowest BCUT2D eigenvalue weighted by molar-refractivity contribution is 0.0809. The fourth-order valence-electron chi connectivity index (χ4n) is 4.29. The second-order valence-corrected chi connectivity index (χ2v) is 9.39. The molecule has 3 fully saturated rings. The Morgan fingerprint density at radius 2 is 1.86 bits per heavy atom. The van der Waals surface area contributed by atoms with Gasteiger partial charge in [0.15, 0.2) is 0 Å². The van der Waals surface area contributed by atoms with E-state index in [1.807, 2.05) is 0 Å². The highest BCUT2D eigenvalue weighted by molar-refractivity contribution is 7.88. The van der Waals surface area contributed by atoms with Gasteiger partial charge < -0.3 is 5.32 Å². The van der Waals surface area contributed by atoms with Crippen molar-refractivity contribution in [1.29, 1.82) is 0 Å². The number of hydrogen-bond donors (Lipinski definition) is 2. The molecular weight excluding hydrogens is 406 g/mol. The molecule has 2 N–H and O–H groups in total. The normalized spacial score (nSPS) is 26.2. The summed E-state index contributed by atoms with van der Waals surface area (Å²) in [6.45, 7) is 0. The van der Waals surface area contributed by atoms with Gasteiger partial charge in [-0.15, -0.1) is 12.4 Å². The van der Waals surface area contributed by atoms with Crippen LogP contribution < -0.4 is 10.0 Å². The summed E-state index contributed by atoms with van der Waals surface area (Å²) in [6, 6.07) is 10.9. The highest BCUT2D eigenvalue weighted by Crippen LogP contribution is 2.38. The third-order valence-electron chi connectivity index (χ3n) is 5.57. The van der Waals surface area contributed by atoms with Crippen molar-refractivity contribution in [3.63, 3.8) is 0 Å². The largest absolute Gasteiger partial charge is 0.309 e. The molecule has 0 unspecified atom stereocenters. The summed E-state index contributed by atoms with van der Waals surface area (Å²) in [4.78, 5) is 0. The van der Waals surface area contributed by atoms with Gasteiger partial charge in [-0.2, -0.15) is 0 Å². The van der Waals surface area contributed by atoms with E-state index >= 15 is 4.39 Å². The molecule has 8 heteroatoms. The molecule has 152 valence electrons. The third-order valence-corrected chi connectivity index (χ3v) is 6.27. The van der Waals surface area contributed by atoms with Crippen molar-refractivity contribution >= 4 is 22.4 Å². The van der Waals surface area contributed by atoms with E-state index in [-0.39, 0.29) is 36.2 Å². The molecule has 2 aromatic rings. The van der Waals surface area contributed by atoms with E-state index in [9.17, 15) is 12.8 Å². The van der Waals surface area contributed by atoms with Crippen LogP contribution >= 0.6 is 12.4 Å². The Morgan fingerprint density at radius 3 is 2.54 bits per heavy atom. The summed E-state index contributed by atoms with van der Waals surface area (Å²) in [6.07, 6.45) is 3.40. The molecule has 4 nitrogen and oxygen atoms in total. The zero-order chi connectivity index (χ0) is 19.2. The van der Waals surface area contributed by atoms with E-state index in [1.165, 1.54) is 12.1 Å². The molecule has 2 atom stereocenters. The maximum absolute atomic E-state index is 15.1. The van der Waals surface area contributed by atoms with Crippen LogP contribution in [0.1, 0.15) is 18.4 Å². The molecule has 5 rings (SSSR count). The minimum atomic E-state index is -3.35. The first-order valence-electron chi connectivity index (χ1n) is 9.07. The first kappa shape index (κ1) is 21.2. The molecular formula is C20H23ClF2N2O2S. The Morgan fingerprint density at radius 1 is 1.14 bits per heavy atom. The minimum absolute atomic E-state index is 0. The fraction of sp³-hybridized carbons (Fsp3) is 0.400. The van der Waals surface area contributed by atoms with E-state index in [2.05, 4.69) is 10.0 Å². The van der Waals surface area contributed by atoms with Crippen LogP contribution in [0, 0.1) is 17.6 Å². The van der Waals surface area contributed by atoms with Crippen molar-refractivity contribution in [3.8, 4) is 11.1 Å². The van der Waals surface area contributed by atoms with Crippen LogP contribution in [0.4, 0.5) is 8.78 Å². The van der Waals surface area contributed by atoms with Crippen molar-refractivity contribution in [2.45, 2.75) is 37.4 Å². The number of halogens is 3. The number of hydrogen-bond acceptors (Lipinski definition) is 3. The summed E-state index contributed by atoms with van der Waals surface area (Å²) >= 11 is 0. The van der Waals surface area contributed by atoms with Crippen LogP contribution in [-0.4, -0.2) is 32.8 Å². The Labute approximate surface area is 170 Å². The maximum atomic E-state index is 15.1. The number of benzene rings is 2. The molecule has 0 aromatic heterocycles. The Kier molecular flexibility index (Phi) is 6.10. The number of nitrogens with one attached hydrogen (secondary N) is 2. The van der Waals surface area contributed by atoms with Crippen molar-refractivity contribution in [1.82, 2.24) is 10.0 Å². The van der Waals surface area contributed by atoms with Crippen LogP contribution in [0.5, 0.6) is 0 Å². The topological polar surface area (TPSA) is 58.2 Å². The van der Waals surface area contributed by atoms with Crippen LogP contribution in [-0.2, 0) is 16.4 Å². The van der Waals surface area contributed by atoms with Gasteiger partial charge in [0.25, 0.3) is 0 Å². The van der Waals surface area contributed by atoms with E-state index in [0.717, 1.165) is 19.1 Å². The van der Waals surface area contributed by atoms with Gasteiger partial charge in [0.1, 0.15) is 11.6 Å². The average molecular weight is 429 g/mol. The molecule has 1 aliphatic carbocycles. The summed E-state index contributed by atoms with van der Waals surface area (Å²) in [5.41, 5.74) is 1.33. The van der Waals surface area contributed by atoms with Gasteiger partial charge in [-0.25, -0.2) is 21.9 Å². The first-order chi connectivity index (χ1) is 12.8. The summed E-state index contributed by atoms with van der Waals surface area (Å²) in [5.74, 6) is -0.517. The summed E-state index contributed by atoms with van der Waals surface area (Å²) in [5, 5.41) is 3.45. The maximum Gasteiger partial charge on any atom is 0.209 e. The van der Waals surface area contributed by atoms with E-state index in [4.69, 9.17) is 0 Å². The number of fused-ring (bicyclic) bond motifs is 2. The zero-order valence-corrected chi connectivity index (χ0v) is 17.0. The summed E-state index contributed by atoms with van der Waals surface area (Å²) in [7, 11) is -3.35. The van der Waals surface area contributed by atoms with E-state index in [1.54, 1.807) is 30.3 Å². The number of rotatable bonds is 5. The van der Waals surface area contributed by atoms with Gasteiger partial charge in [0, 0.05) is 23.7 Å². The van der Waals surface area contributed by atoms with Gasteiger partial charge in [0.2, 0.25) is 10.0 Å². The van der Waals surface area contributed by atoms with Crippen LogP contribution in [0.3, 0.4) is 0 Å². The van der Waals surface area contributed by atoms with Gasteiger partial charge in [0.05, 0.1) is 6.26 Å². The van der Waals surface area contributed by atoms with E-state index in [0.29, 0.717) is 29.2 Å². The Hall–Kier alpha value is -1.54. The molecule has 0 spiro atoms. The van der Waals surface area contributed by atoms with Crippen molar-refractivity contribution < 1.29 is 17.2 Å². The second kappa shape index (κ2) is 8.06. The Bertz CT molecular complexity index is 964. The average Bonchev–Trinajstić information content (AvgIpc) is 2.55. The van der Waals surface area contributed by atoms with Crippen LogP contribution in [0.15, 0.2) is 42.5 Å².